The minimum absolute atomic E-state index is 0.717. The molecule has 0 aromatic rings. The van der Waals surface area contributed by atoms with Gasteiger partial charge in [-0.3, -0.25) is 0 Å². The van der Waals surface area contributed by atoms with Crippen molar-refractivity contribution in [1.82, 2.24) is 0 Å². The van der Waals surface area contributed by atoms with Crippen LogP contribution in [0.3, 0.4) is 0 Å². The molecule has 108 valence electrons. The molecule has 0 fully saturated rings. The van der Waals surface area contributed by atoms with Gasteiger partial charge in [0.1, 0.15) is 12.7 Å². The second-order valence-electron chi connectivity index (χ2n) is 5.01. The van der Waals surface area contributed by atoms with Crippen LogP contribution in [-0.4, -0.2) is 6.61 Å². The van der Waals surface area contributed by atoms with E-state index >= 15 is 0 Å². The summed E-state index contributed by atoms with van der Waals surface area (Å²) < 4.78 is 5.22. The average Bonchev–Trinajstić information content (AvgIpc) is 2.43. The molecule has 0 aliphatic heterocycles. The van der Waals surface area contributed by atoms with E-state index < -0.39 is 0 Å². The first-order valence-corrected chi connectivity index (χ1v) is 7.95. The third kappa shape index (κ3) is 16.9. The summed E-state index contributed by atoms with van der Waals surface area (Å²) in [5.74, 6) is 5.46. The maximum atomic E-state index is 5.22. The van der Waals surface area contributed by atoms with Crippen LogP contribution in [0.15, 0.2) is 0 Å². The highest BCUT2D eigenvalue weighted by Crippen LogP contribution is 2.10. The van der Waals surface area contributed by atoms with Crippen molar-refractivity contribution in [1.29, 1.82) is 0 Å². The normalized spacial score (nSPS) is 9.47. The van der Waals surface area contributed by atoms with Gasteiger partial charge in [0.2, 0.25) is 0 Å². The molecule has 19 heavy (non-hydrogen) atoms. The smallest absolute Gasteiger partial charge is 0.110 e. The Hall–Kier alpha value is -1.08. The van der Waals surface area contributed by atoms with Crippen molar-refractivity contribution in [2.45, 2.75) is 84.0 Å². The first-order chi connectivity index (χ1) is 9.41. The van der Waals surface area contributed by atoms with Crippen molar-refractivity contribution in [3.05, 3.63) is 0 Å². The fourth-order valence-electron chi connectivity index (χ4n) is 1.95. The predicted molar refractivity (Wildman–Crippen MR) is 83.6 cm³/mol. The Labute approximate surface area is 120 Å². The van der Waals surface area contributed by atoms with Crippen LogP contribution in [0.1, 0.15) is 84.0 Å². The number of rotatable bonds is 12. The van der Waals surface area contributed by atoms with Gasteiger partial charge in [-0.15, -0.1) is 12.3 Å². The third-order valence-electron chi connectivity index (χ3n) is 3.14. The second-order valence-corrected chi connectivity index (χ2v) is 5.01. The topological polar surface area (TPSA) is 9.23 Å². The van der Waals surface area contributed by atoms with Gasteiger partial charge >= 0.3 is 0 Å². The molecule has 0 aliphatic carbocycles. The van der Waals surface area contributed by atoms with E-state index in [1.54, 1.807) is 0 Å². The Morgan fingerprint density at radius 1 is 0.789 bits per heavy atom. The highest BCUT2D eigenvalue weighted by atomic mass is 16.5. The number of ether oxygens (including phenoxy) is 1. The lowest BCUT2D eigenvalue weighted by atomic mass is 10.1. The maximum Gasteiger partial charge on any atom is 0.110 e. The van der Waals surface area contributed by atoms with Crippen molar-refractivity contribution in [3.8, 4) is 24.4 Å². The Balaban J connectivity index is 3.02. The molecule has 0 unspecified atom stereocenters. The molecule has 0 heterocycles. The predicted octanol–water partition coefficient (Wildman–Crippen LogP) is 5.30. The highest BCUT2D eigenvalue weighted by molar-refractivity contribution is 4.96. The second kappa shape index (κ2) is 16.9. The molecular formula is C18H30O. The van der Waals surface area contributed by atoms with Gasteiger partial charge in [0, 0.05) is 12.8 Å². The Kier molecular flexibility index (Phi) is 16.0. The molecule has 0 N–H and O–H groups in total. The fourth-order valence-corrected chi connectivity index (χ4v) is 1.95. The van der Waals surface area contributed by atoms with Crippen molar-refractivity contribution >= 4 is 0 Å². The summed E-state index contributed by atoms with van der Waals surface area (Å²) in [4.78, 5) is 0. The van der Waals surface area contributed by atoms with Crippen LogP contribution in [0, 0.1) is 24.4 Å². The molecule has 0 aromatic carbocycles. The molecule has 0 atom stereocenters. The lowest BCUT2D eigenvalue weighted by molar-refractivity contribution is 0.266. The zero-order valence-electron chi connectivity index (χ0n) is 12.7. The van der Waals surface area contributed by atoms with Crippen LogP contribution in [0.5, 0.6) is 0 Å². The minimum Gasteiger partial charge on any atom is -0.447 e. The van der Waals surface area contributed by atoms with E-state index in [4.69, 9.17) is 11.2 Å². The van der Waals surface area contributed by atoms with Crippen LogP contribution in [0.2, 0.25) is 0 Å². The Morgan fingerprint density at radius 2 is 1.37 bits per heavy atom. The van der Waals surface area contributed by atoms with Crippen molar-refractivity contribution in [3.63, 3.8) is 0 Å². The molecule has 0 spiro atoms. The molecule has 0 rings (SSSR count). The van der Waals surface area contributed by atoms with E-state index in [-0.39, 0.29) is 0 Å². The summed E-state index contributed by atoms with van der Waals surface area (Å²) >= 11 is 0. The molecule has 0 saturated carbocycles. The standard InChI is InChI=1S/C18H30O/c1-3-5-7-9-10-11-12-13-14-16-18-19-17-15-8-6-4-2/h2H,3,5-14,16,18H2,1H3. The van der Waals surface area contributed by atoms with Gasteiger partial charge in [0.05, 0.1) is 0 Å². The number of hydrogen-bond acceptors (Lipinski definition) is 1. The highest BCUT2D eigenvalue weighted by Gasteiger charge is 1.92. The van der Waals surface area contributed by atoms with Gasteiger partial charge in [0.15, 0.2) is 0 Å². The van der Waals surface area contributed by atoms with E-state index in [9.17, 15) is 0 Å². The molecule has 0 bridgehead atoms. The summed E-state index contributed by atoms with van der Waals surface area (Å²) in [6.07, 6.45) is 22.8. The van der Waals surface area contributed by atoms with Gasteiger partial charge in [-0.2, -0.15) is 0 Å². The molecule has 0 radical (unpaired) electrons. The van der Waals surface area contributed by atoms with Crippen molar-refractivity contribution in [2.24, 2.45) is 0 Å². The summed E-state index contributed by atoms with van der Waals surface area (Å²) in [5, 5.41) is 0. The van der Waals surface area contributed by atoms with Crippen LogP contribution >= 0.6 is 0 Å². The van der Waals surface area contributed by atoms with E-state index in [2.05, 4.69) is 24.9 Å². The van der Waals surface area contributed by atoms with Crippen LogP contribution < -0.4 is 0 Å². The zero-order valence-corrected chi connectivity index (χ0v) is 12.7. The molecular weight excluding hydrogens is 232 g/mol. The van der Waals surface area contributed by atoms with E-state index in [0.717, 1.165) is 19.4 Å². The fraction of sp³-hybridized carbons (Fsp3) is 0.778. The lowest BCUT2D eigenvalue weighted by Gasteiger charge is -2.01. The van der Waals surface area contributed by atoms with E-state index in [0.29, 0.717) is 6.42 Å². The molecule has 0 amide bonds. The summed E-state index contributed by atoms with van der Waals surface area (Å²) in [5.41, 5.74) is 0. The number of hydrogen-bond donors (Lipinski definition) is 0. The van der Waals surface area contributed by atoms with Crippen LogP contribution in [0.4, 0.5) is 0 Å². The van der Waals surface area contributed by atoms with Crippen LogP contribution in [-0.2, 0) is 4.74 Å². The first-order valence-electron chi connectivity index (χ1n) is 7.95. The summed E-state index contributed by atoms with van der Waals surface area (Å²) in [6.45, 7) is 3.03. The van der Waals surface area contributed by atoms with Gasteiger partial charge in [-0.1, -0.05) is 70.6 Å². The molecule has 0 saturated heterocycles. The quantitative estimate of drug-likeness (QED) is 0.342. The van der Waals surface area contributed by atoms with Gasteiger partial charge < -0.3 is 4.74 Å². The van der Waals surface area contributed by atoms with Crippen molar-refractivity contribution in [2.75, 3.05) is 6.61 Å². The lowest BCUT2D eigenvalue weighted by Crippen LogP contribution is -1.88. The number of unbranched alkanes of at least 4 members (excludes halogenated alkanes) is 10. The SMILES string of the molecule is C#CCCC#COCCCCCCCCCCCC. The molecule has 0 aliphatic rings. The molecule has 1 nitrogen and oxygen atoms in total. The maximum absolute atomic E-state index is 5.22. The molecule has 0 aromatic heterocycles. The number of terminal acetylenes is 1. The minimum atomic E-state index is 0.717. The Bertz CT molecular complexity index is 264. The monoisotopic (exact) mass is 262 g/mol. The van der Waals surface area contributed by atoms with Crippen molar-refractivity contribution < 1.29 is 4.74 Å². The van der Waals surface area contributed by atoms with Crippen LogP contribution in [0.25, 0.3) is 0 Å². The third-order valence-corrected chi connectivity index (χ3v) is 3.14. The van der Waals surface area contributed by atoms with E-state index in [1.807, 2.05) is 0 Å². The van der Waals surface area contributed by atoms with Gasteiger partial charge in [-0.05, 0) is 6.42 Å². The zero-order chi connectivity index (χ0) is 14.0. The van der Waals surface area contributed by atoms with E-state index in [1.165, 1.54) is 57.8 Å². The first kappa shape index (κ1) is 17.9. The summed E-state index contributed by atoms with van der Waals surface area (Å²) in [6, 6.07) is 0. The summed E-state index contributed by atoms with van der Waals surface area (Å²) in [7, 11) is 0. The average molecular weight is 262 g/mol. The Morgan fingerprint density at radius 3 is 1.95 bits per heavy atom. The largest absolute Gasteiger partial charge is 0.447 e. The molecule has 1 heteroatoms. The van der Waals surface area contributed by atoms with Gasteiger partial charge in [0.25, 0.3) is 0 Å². The van der Waals surface area contributed by atoms with Gasteiger partial charge in [-0.25, -0.2) is 0 Å².